The van der Waals surface area contributed by atoms with Crippen LogP contribution in [0.4, 0.5) is 5.69 Å². The van der Waals surface area contributed by atoms with E-state index in [1.807, 2.05) is 20.8 Å². The number of halogens is 1. The third kappa shape index (κ3) is 4.67. The molecule has 1 atom stereocenters. The number of para-hydroxylation sites is 1. The normalized spacial score (nSPS) is 12.3. The van der Waals surface area contributed by atoms with Gasteiger partial charge < -0.3 is 5.32 Å². The second-order valence-electron chi connectivity index (χ2n) is 5.73. The van der Waals surface area contributed by atoms with Gasteiger partial charge in [0.15, 0.2) is 11.7 Å². The minimum absolute atomic E-state index is 0.168. The van der Waals surface area contributed by atoms with E-state index in [-0.39, 0.29) is 17.6 Å². The van der Waals surface area contributed by atoms with E-state index >= 15 is 0 Å². The highest BCUT2D eigenvalue weighted by Gasteiger charge is 2.29. The predicted molar refractivity (Wildman–Crippen MR) is 78.3 cm³/mol. The van der Waals surface area contributed by atoms with Crippen LogP contribution in [0.25, 0.3) is 0 Å². The van der Waals surface area contributed by atoms with Crippen LogP contribution in [0.1, 0.15) is 27.2 Å². The molecule has 0 aromatic heterocycles. The van der Waals surface area contributed by atoms with E-state index in [0.29, 0.717) is 10.7 Å². The number of benzene rings is 1. The molecule has 5 heteroatoms. The molecule has 0 aliphatic heterocycles. The lowest BCUT2D eigenvalue weighted by molar-refractivity contribution is -0.129. The highest BCUT2D eigenvalue weighted by Crippen LogP contribution is 2.24. The molecule has 1 rings (SSSR count). The Morgan fingerprint density at radius 1 is 1.35 bits per heavy atom. The van der Waals surface area contributed by atoms with Gasteiger partial charge in [-0.05, 0) is 17.5 Å². The number of hydrogen-bond donors (Lipinski definition) is 1. The average molecular weight is 293 g/mol. The zero-order chi connectivity index (χ0) is 15.3. The third-order valence-corrected chi connectivity index (χ3v) is 2.88. The van der Waals surface area contributed by atoms with Gasteiger partial charge in [-0.2, -0.15) is 5.26 Å². The molecule has 0 radical (unpaired) electrons. The van der Waals surface area contributed by atoms with Gasteiger partial charge in [0.1, 0.15) is 0 Å². The summed E-state index contributed by atoms with van der Waals surface area (Å²) < 4.78 is 0. The summed E-state index contributed by atoms with van der Waals surface area (Å²) in [5.41, 5.74) is 0.125. The third-order valence-electron chi connectivity index (χ3n) is 2.55. The summed E-state index contributed by atoms with van der Waals surface area (Å²) in [5, 5.41) is 11.9. The monoisotopic (exact) mass is 292 g/mol. The Morgan fingerprint density at radius 3 is 2.45 bits per heavy atom. The van der Waals surface area contributed by atoms with Gasteiger partial charge >= 0.3 is 0 Å². The molecule has 0 aliphatic carbocycles. The van der Waals surface area contributed by atoms with Crippen molar-refractivity contribution in [2.75, 3.05) is 5.32 Å². The van der Waals surface area contributed by atoms with Crippen molar-refractivity contribution < 1.29 is 9.59 Å². The van der Waals surface area contributed by atoms with E-state index in [0.717, 1.165) is 0 Å². The van der Waals surface area contributed by atoms with Crippen LogP contribution in [0.2, 0.25) is 5.02 Å². The van der Waals surface area contributed by atoms with E-state index in [9.17, 15) is 9.59 Å². The highest BCUT2D eigenvalue weighted by atomic mass is 35.5. The first-order valence-corrected chi connectivity index (χ1v) is 6.60. The predicted octanol–water partition coefficient (Wildman–Crippen LogP) is 3.42. The molecule has 1 aromatic carbocycles. The molecule has 106 valence electrons. The van der Waals surface area contributed by atoms with Crippen molar-refractivity contribution in [1.29, 1.82) is 5.26 Å². The average Bonchev–Trinajstić information content (AvgIpc) is 2.30. The van der Waals surface area contributed by atoms with Crippen LogP contribution in [0, 0.1) is 22.7 Å². The van der Waals surface area contributed by atoms with Crippen LogP contribution in [0.3, 0.4) is 0 Å². The van der Waals surface area contributed by atoms with E-state index in [4.69, 9.17) is 16.9 Å². The maximum Gasteiger partial charge on any atom is 0.249 e. The number of hydrogen-bond acceptors (Lipinski definition) is 3. The van der Waals surface area contributed by atoms with Crippen molar-refractivity contribution in [3.05, 3.63) is 29.3 Å². The summed E-state index contributed by atoms with van der Waals surface area (Å²) in [5.74, 6) is -2.34. The van der Waals surface area contributed by atoms with Gasteiger partial charge in [0.25, 0.3) is 0 Å². The SMILES string of the molecule is CC(C)(C)CC(=O)[C@@H](C#N)C(=O)Nc1ccccc1Cl. The molecule has 0 heterocycles. The Hall–Kier alpha value is -1.86. The lowest BCUT2D eigenvalue weighted by Gasteiger charge is -2.18. The number of nitriles is 1. The largest absolute Gasteiger partial charge is 0.323 e. The van der Waals surface area contributed by atoms with Crippen molar-refractivity contribution >= 4 is 29.0 Å². The van der Waals surface area contributed by atoms with Crippen molar-refractivity contribution in [3.8, 4) is 6.07 Å². The van der Waals surface area contributed by atoms with Gasteiger partial charge in [0.05, 0.1) is 16.8 Å². The number of nitrogens with zero attached hydrogens (tertiary/aromatic N) is 1. The first-order valence-electron chi connectivity index (χ1n) is 6.22. The smallest absolute Gasteiger partial charge is 0.249 e. The quantitative estimate of drug-likeness (QED) is 0.864. The van der Waals surface area contributed by atoms with E-state index in [1.165, 1.54) is 0 Å². The molecule has 0 spiro atoms. The minimum Gasteiger partial charge on any atom is -0.323 e. The Kier molecular flexibility index (Phi) is 5.29. The first kappa shape index (κ1) is 16.2. The number of rotatable bonds is 4. The van der Waals surface area contributed by atoms with Gasteiger partial charge in [-0.3, -0.25) is 9.59 Å². The van der Waals surface area contributed by atoms with Gasteiger partial charge in [0, 0.05) is 6.42 Å². The fraction of sp³-hybridized carbons (Fsp3) is 0.400. The van der Waals surface area contributed by atoms with Crippen LogP contribution in [0.15, 0.2) is 24.3 Å². The molecule has 1 aromatic rings. The summed E-state index contributed by atoms with van der Waals surface area (Å²) >= 11 is 5.92. The molecule has 1 amide bonds. The van der Waals surface area contributed by atoms with Crippen molar-refractivity contribution in [2.45, 2.75) is 27.2 Å². The van der Waals surface area contributed by atoms with Crippen LogP contribution in [0.5, 0.6) is 0 Å². The van der Waals surface area contributed by atoms with E-state index in [1.54, 1.807) is 30.3 Å². The van der Waals surface area contributed by atoms with Crippen LogP contribution >= 0.6 is 11.6 Å². The van der Waals surface area contributed by atoms with E-state index < -0.39 is 11.8 Å². The van der Waals surface area contributed by atoms with E-state index in [2.05, 4.69) is 5.32 Å². The molecule has 4 nitrogen and oxygen atoms in total. The standard InChI is InChI=1S/C15H17ClN2O2/c1-15(2,3)8-13(19)10(9-17)14(20)18-12-7-5-4-6-11(12)16/h4-7,10H,8H2,1-3H3,(H,18,20)/t10-/m1/s1. The van der Waals surface area contributed by atoms with Crippen molar-refractivity contribution in [3.63, 3.8) is 0 Å². The number of amides is 1. The number of carbonyl (C=O) groups is 2. The summed E-state index contributed by atoms with van der Waals surface area (Å²) in [6, 6.07) is 8.43. The maximum absolute atomic E-state index is 12.0. The number of Topliss-reactive ketones (excluding diaryl/α,β-unsaturated/α-hetero) is 1. The number of anilines is 1. The molecule has 0 unspecified atom stereocenters. The molecule has 0 saturated carbocycles. The summed E-state index contributed by atoms with van der Waals surface area (Å²) in [4.78, 5) is 24.0. The summed E-state index contributed by atoms with van der Waals surface area (Å²) in [6.07, 6.45) is 0.168. The number of carbonyl (C=O) groups excluding carboxylic acids is 2. The summed E-state index contributed by atoms with van der Waals surface area (Å²) in [7, 11) is 0. The van der Waals surface area contributed by atoms with Crippen LogP contribution in [-0.4, -0.2) is 11.7 Å². The zero-order valence-corrected chi connectivity index (χ0v) is 12.5. The second-order valence-corrected chi connectivity index (χ2v) is 6.14. The molecular weight excluding hydrogens is 276 g/mol. The lowest BCUT2D eigenvalue weighted by Crippen LogP contribution is -2.31. The number of ketones is 1. The molecule has 20 heavy (non-hydrogen) atoms. The minimum atomic E-state index is -1.31. The van der Waals surface area contributed by atoms with Crippen molar-refractivity contribution in [1.82, 2.24) is 0 Å². The summed E-state index contributed by atoms with van der Waals surface area (Å²) in [6.45, 7) is 5.64. The number of nitrogens with one attached hydrogen (secondary N) is 1. The van der Waals surface area contributed by atoms with Gasteiger partial charge in [-0.15, -0.1) is 0 Å². The zero-order valence-electron chi connectivity index (χ0n) is 11.7. The molecule has 0 aliphatic rings. The Labute approximate surface area is 123 Å². The van der Waals surface area contributed by atoms with Gasteiger partial charge in [0.2, 0.25) is 5.91 Å². The van der Waals surface area contributed by atoms with Gasteiger partial charge in [-0.1, -0.05) is 44.5 Å². The second kappa shape index (κ2) is 6.53. The van der Waals surface area contributed by atoms with Crippen LogP contribution in [-0.2, 0) is 9.59 Å². The van der Waals surface area contributed by atoms with Crippen molar-refractivity contribution in [2.24, 2.45) is 11.3 Å². The topological polar surface area (TPSA) is 70.0 Å². The molecule has 1 N–H and O–H groups in total. The van der Waals surface area contributed by atoms with Crippen LogP contribution < -0.4 is 5.32 Å². The fourth-order valence-electron chi connectivity index (χ4n) is 1.67. The Balaban J connectivity index is 2.82. The lowest BCUT2D eigenvalue weighted by atomic mass is 9.86. The maximum atomic E-state index is 12.0. The Morgan fingerprint density at radius 2 is 1.95 bits per heavy atom. The van der Waals surface area contributed by atoms with Gasteiger partial charge in [-0.25, -0.2) is 0 Å². The molecule has 0 bridgehead atoms. The molecule has 0 saturated heterocycles. The first-order chi connectivity index (χ1) is 9.24. The highest BCUT2D eigenvalue weighted by molar-refractivity contribution is 6.33. The molecular formula is C15H17ClN2O2. The fourth-order valence-corrected chi connectivity index (χ4v) is 1.85. The Bertz CT molecular complexity index is 556. The molecule has 0 fully saturated rings.